The molecule has 1 aromatic rings. The van der Waals surface area contributed by atoms with Gasteiger partial charge in [0.05, 0.1) is 12.2 Å². The first-order valence-electron chi connectivity index (χ1n) is 5.52. The lowest BCUT2D eigenvalue weighted by Gasteiger charge is -2.06. The number of rotatable bonds is 7. The predicted octanol–water partition coefficient (Wildman–Crippen LogP) is 2.85. The van der Waals surface area contributed by atoms with Gasteiger partial charge in [-0.3, -0.25) is 4.79 Å². The number of hydrogen-bond donors (Lipinski definition) is 1. The summed E-state index contributed by atoms with van der Waals surface area (Å²) in [6, 6.07) is 3.94. The number of carbonyl (C=O) groups is 1. The van der Waals surface area contributed by atoms with Crippen LogP contribution in [0.4, 0.5) is 4.39 Å². The van der Waals surface area contributed by atoms with Crippen LogP contribution in [0.2, 0.25) is 5.02 Å². The van der Waals surface area contributed by atoms with Gasteiger partial charge in [-0.2, -0.15) is 0 Å². The Hall–Kier alpha value is -0.840. The summed E-state index contributed by atoms with van der Waals surface area (Å²) in [6.07, 6.45) is 0.651. The lowest BCUT2D eigenvalue weighted by Crippen LogP contribution is -2.26. The smallest absolute Gasteiger partial charge is 0.254 e. The highest BCUT2D eigenvalue weighted by Gasteiger charge is 2.10. The molecule has 0 saturated carbocycles. The van der Waals surface area contributed by atoms with Gasteiger partial charge in [-0.25, -0.2) is 4.39 Å². The molecule has 0 spiro atoms. The molecule has 1 aromatic carbocycles. The lowest BCUT2D eigenvalue weighted by atomic mass is 10.2. The van der Waals surface area contributed by atoms with Crippen LogP contribution in [0.1, 0.15) is 16.8 Å². The maximum Gasteiger partial charge on any atom is 0.254 e. The second-order valence-electron chi connectivity index (χ2n) is 3.53. The van der Waals surface area contributed by atoms with Crippen molar-refractivity contribution in [2.24, 2.45) is 0 Å². The van der Waals surface area contributed by atoms with Crippen LogP contribution in [-0.4, -0.2) is 31.5 Å². The highest BCUT2D eigenvalue weighted by Crippen LogP contribution is 2.14. The van der Waals surface area contributed by atoms with Crippen molar-refractivity contribution < 1.29 is 13.9 Å². The minimum absolute atomic E-state index is 0.0129. The number of halogens is 3. The zero-order chi connectivity index (χ0) is 13.4. The summed E-state index contributed by atoms with van der Waals surface area (Å²) in [4.78, 5) is 11.6. The molecule has 0 saturated heterocycles. The number of nitrogens with one attached hydrogen (secondary N) is 1. The second-order valence-corrected chi connectivity index (χ2v) is 4.35. The van der Waals surface area contributed by atoms with Gasteiger partial charge < -0.3 is 10.1 Å². The quantitative estimate of drug-likeness (QED) is 0.620. The average Bonchev–Trinajstić information content (AvgIpc) is 2.33. The summed E-state index contributed by atoms with van der Waals surface area (Å²) < 4.78 is 18.5. The van der Waals surface area contributed by atoms with Crippen LogP contribution in [0.5, 0.6) is 0 Å². The zero-order valence-corrected chi connectivity index (χ0v) is 11.2. The Kier molecular flexibility index (Phi) is 7.01. The van der Waals surface area contributed by atoms with Crippen LogP contribution in [0.3, 0.4) is 0 Å². The summed E-state index contributed by atoms with van der Waals surface area (Å²) in [7, 11) is 0. The van der Waals surface area contributed by atoms with Gasteiger partial charge in [0.1, 0.15) is 5.82 Å². The van der Waals surface area contributed by atoms with E-state index in [1.807, 2.05) is 0 Å². The number of hydrogen-bond acceptors (Lipinski definition) is 2. The van der Waals surface area contributed by atoms with Crippen molar-refractivity contribution in [2.75, 3.05) is 25.6 Å². The van der Waals surface area contributed by atoms with Crippen molar-refractivity contribution in [2.45, 2.75) is 6.42 Å². The molecule has 1 amide bonds. The molecular formula is C12H14Cl2FNO2. The number of alkyl halides is 1. The van der Waals surface area contributed by atoms with E-state index >= 15 is 0 Å². The minimum atomic E-state index is -0.626. The van der Waals surface area contributed by atoms with E-state index in [0.717, 1.165) is 6.07 Å². The monoisotopic (exact) mass is 293 g/mol. The van der Waals surface area contributed by atoms with Crippen LogP contribution >= 0.6 is 23.2 Å². The van der Waals surface area contributed by atoms with Crippen molar-refractivity contribution in [3.63, 3.8) is 0 Å². The predicted molar refractivity (Wildman–Crippen MR) is 69.9 cm³/mol. The van der Waals surface area contributed by atoms with E-state index in [-0.39, 0.29) is 10.6 Å². The van der Waals surface area contributed by atoms with E-state index in [9.17, 15) is 9.18 Å². The van der Waals surface area contributed by atoms with Gasteiger partial charge in [0.25, 0.3) is 5.91 Å². The Balaban J connectivity index is 2.32. The maximum absolute atomic E-state index is 13.4. The minimum Gasteiger partial charge on any atom is -0.380 e. The Morgan fingerprint density at radius 3 is 2.83 bits per heavy atom. The Labute approximate surface area is 115 Å². The summed E-state index contributed by atoms with van der Waals surface area (Å²) in [5, 5.41) is 2.86. The second kappa shape index (κ2) is 8.29. The maximum atomic E-state index is 13.4. The largest absolute Gasteiger partial charge is 0.380 e. The fourth-order valence-corrected chi connectivity index (χ4v) is 1.57. The summed E-state index contributed by atoms with van der Waals surface area (Å²) in [6.45, 7) is 1.42. The third kappa shape index (κ3) is 5.21. The molecular weight excluding hydrogens is 280 g/mol. The third-order valence-corrected chi connectivity index (χ3v) is 2.54. The van der Waals surface area contributed by atoms with Crippen LogP contribution in [0.25, 0.3) is 0 Å². The molecule has 0 aliphatic heterocycles. The molecule has 0 heterocycles. The first-order valence-corrected chi connectivity index (χ1v) is 6.43. The van der Waals surface area contributed by atoms with Crippen LogP contribution in [-0.2, 0) is 4.74 Å². The van der Waals surface area contributed by atoms with Crippen LogP contribution in [0.15, 0.2) is 18.2 Å². The van der Waals surface area contributed by atoms with Gasteiger partial charge in [-0.1, -0.05) is 11.6 Å². The van der Waals surface area contributed by atoms with Crippen LogP contribution in [0, 0.1) is 5.82 Å². The van der Waals surface area contributed by atoms with Gasteiger partial charge in [-0.15, -0.1) is 11.6 Å². The molecule has 1 N–H and O–H groups in total. The van der Waals surface area contributed by atoms with E-state index in [0.29, 0.717) is 32.1 Å². The topological polar surface area (TPSA) is 38.3 Å². The van der Waals surface area contributed by atoms with Crippen molar-refractivity contribution in [3.8, 4) is 0 Å². The molecule has 0 aromatic heterocycles. The molecule has 1 rings (SSSR count). The fourth-order valence-electron chi connectivity index (χ4n) is 1.30. The van der Waals surface area contributed by atoms with Gasteiger partial charge in [-0.05, 0) is 24.6 Å². The zero-order valence-electron chi connectivity index (χ0n) is 9.72. The summed E-state index contributed by atoms with van der Waals surface area (Å²) in [5.41, 5.74) is -0.0129. The van der Waals surface area contributed by atoms with E-state index in [2.05, 4.69) is 5.32 Å². The van der Waals surface area contributed by atoms with Gasteiger partial charge in [0.2, 0.25) is 0 Å². The molecule has 3 nitrogen and oxygen atoms in total. The number of ether oxygens (including phenoxy) is 1. The van der Waals surface area contributed by atoms with Crippen molar-refractivity contribution >= 4 is 29.1 Å². The fraction of sp³-hybridized carbons (Fsp3) is 0.417. The molecule has 0 fully saturated rings. The van der Waals surface area contributed by atoms with Gasteiger partial charge in [0, 0.05) is 24.1 Å². The SMILES string of the molecule is O=C(NCCCOCCCl)c1ccc(Cl)cc1F. The van der Waals surface area contributed by atoms with E-state index < -0.39 is 11.7 Å². The molecule has 0 radical (unpaired) electrons. The van der Waals surface area contributed by atoms with E-state index in [4.69, 9.17) is 27.9 Å². The number of amides is 1. The number of benzene rings is 1. The van der Waals surface area contributed by atoms with Gasteiger partial charge >= 0.3 is 0 Å². The summed E-state index contributed by atoms with van der Waals surface area (Å²) in [5.74, 6) is -0.637. The Morgan fingerprint density at radius 1 is 1.39 bits per heavy atom. The molecule has 6 heteroatoms. The van der Waals surface area contributed by atoms with E-state index in [1.165, 1.54) is 12.1 Å². The molecule has 0 bridgehead atoms. The normalized spacial score (nSPS) is 10.4. The Morgan fingerprint density at radius 2 is 2.17 bits per heavy atom. The van der Waals surface area contributed by atoms with E-state index in [1.54, 1.807) is 0 Å². The average molecular weight is 294 g/mol. The van der Waals surface area contributed by atoms with Crippen molar-refractivity contribution in [1.82, 2.24) is 5.32 Å². The first-order chi connectivity index (χ1) is 8.65. The third-order valence-electron chi connectivity index (χ3n) is 2.15. The van der Waals surface area contributed by atoms with Crippen LogP contribution < -0.4 is 5.32 Å². The highest BCUT2D eigenvalue weighted by molar-refractivity contribution is 6.30. The molecule has 100 valence electrons. The molecule has 0 unspecified atom stereocenters. The summed E-state index contributed by atoms with van der Waals surface area (Å²) >= 11 is 11.0. The van der Waals surface area contributed by atoms with Gasteiger partial charge in [0.15, 0.2) is 0 Å². The first kappa shape index (κ1) is 15.2. The molecule has 18 heavy (non-hydrogen) atoms. The standard InChI is InChI=1S/C12H14Cl2FNO2/c13-4-7-18-6-1-5-16-12(17)10-3-2-9(14)8-11(10)15/h2-3,8H,1,4-7H2,(H,16,17). The highest BCUT2D eigenvalue weighted by atomic mass is 35.5. The Bertz CT molecular complexity index is 402. The molecule has 0 atom stereocenters. The van der Waals surface area contributed by atoms with Crippen molar-refractivity contribution in [3.05, 3.63) is 34.6 Å². The lowest BCUT2D eigenvalue weighted by molar-refractivity contribution is 0.0940. The van der Waals surface area contributed by atoms with Crippen molar-refractivity contribution in [1.29, 1.82) is 0 Å². The number of carbonyl (C=O) groups excluding carboxylic acids is 1. The molecule has 0 aliphatic rings. The molecule has 0 aliphatic carbocycles.